The zero-order valence-electron chi connectivity index (χ0n) is 8.53. The number of nitrogens with zero attached hydrogens (tertiary/aromatic N) is 1. The maximum Gasteiger partial charge on any atom is 0.253 e. The van der Waals surface area contributed by atoms with E-state index in [0.717, 1.165) is 6.42 Å². The Morgan fingerprint density at radius 3 is 2.79 bits per heavy atom. The highest BCUT2D eigenvalue weighted by molar-refractivity contribution is 7.90. The van der Waals surface area contributed by atoms with Crippen molar-refractivity contribution >= 4 is 16.2 Å². The minimum Gasteiger partial charge on any atom is -0.205 e. The number of fused-ring (bicyclic) bond motifs is 1. The Morgan fingerprint density at radius 1 is 1.43 bits per heavy atom. The van der Waals surface area contributed by atoms with Gasteiger partial charge in [-0.3, -0.25) is 0 Å². The van der Waals surface area contributed by atoms with Gasteiger partial charge in [-0.25, -0.2) is 8.42 Å². The summed E-state index contributed by atoms with van der Waals surface area (Å²) in [4.78, 5) is 0. The van der Waals surface area contributed by atoms with E-state index in [1.54, 1.807) is 6.21 Å². The third-order valence-corrected chi connectivity index (χ3v) is 6.33. The average Bonchev–Trinajstić information content (AvgIpc) is 2.53. The van der Waals surface area contributed by atoms with Gasteiger partial charge in [0.2, 0.25) is 0 Å². The summed E-state index contributed by atoms with van der Waals surface area (Å²) < 4.78 is 26.7. The molecule has 1 heterocycles. The van der Waals surface area contributed by atoms with Gasteiger partial charge in [-0.15, -0.1) is 0 Å². The van der Waals surface area contributed by atoms with Crippen molar-refractivity contribution in [1.29, 1.82) is 0 Å². The molecule has 3 atom stereocenters. The maximum absolute atomic E-state index is 11.5. The standard InChI is InChI=1S/C10H15NO2S/c1-9(2)7-3-4-10(9)6-14(12,13)11-5-8(7)10/h5,7-8H,3-4,6H2,1-2H3. The molecular formula is C10H15NO2S. The zero-order valence-corrected chi connectivity index (χ0v) is 9.34. The molecule has 0 saturated heterocycles. The smallest absolute Gasteiger partial charge is 0.205 e. The quantitative estimate of drug-likeness (QED) is 0.611. The number of hydrogen-bond acceptors (Lipinski definition) is 2. The fourth-order valence-electron chi connectivity index (χ4n) is 4.10. The molecule has 0 N–H and O–H groups in total. The fourth-order valence-corrected chi connectivity index (χ4v) is 5.85. The molecule has 1 spiro atoms. The van der Waals surface area contributed by atoms with Crippen LogP contribution in [0.25, 0.3) is 0 Å². The highest BCUT2D eigenvalue weighted by Gasteiger charge is 2.72. The number of sulfonamides is 1. The molecule has 78 valence electrons. The Hall–Kier alpha value is -0.380. The second-order valence-corrected chi connectivity index (χ2v) is 7.19. The van der Waals surface area contributed by atoms with E-state index in [2.05, 4.69) is 18.2 Å². The Labute approximate surface area is 84.7 Å². The number of hydrogen-bond donors (Lipinski definition) is 0. The van der Waals surface area contributed by atoms with Crippen molar-refractivity contribution in [3.8, 4) is 0 Å². The monoisotopic (exact) mass is 213 g/mol. The van der Waals surface area contributed by atoms with E-state index >= 15 is 0 Å². The van der Waals surface area contributed by atoms with Crippen LogP contribution >= 0.6 is 0 Å². The summed E-state index contributed by atoms with van der Waals surface area (Å²) in [6, 6.07) is 0. The van der Waals surface area contributed by atoms with E-state index in [1.165, 1.54) is 6.42 Å². The van der Waals surface area contributed by atoms with Gasteiger partial charge < -0.3 is 0 Å². The van der Waals surface area contributed by atoms with Crippen molar-refractivity contribution in [2.24, 2.45) is 27.1 Å². The van der Waals surface area contributed by atoms with Gasteiger partial charge in [0.15, 0.2) is 0 Å². The molecule has 3 fully saturated rings. The van der Waals surface area contributed by atoms with E-state index in [1.807, 2.05) is 0 Å². The van der Waals surface area contributed by atoms with Crippen molar-refractivity contribution in [2.45, 2.75) is 26.7 Å². The molecule has 2 bridgehead atoms. The highest BCUT2D eigenvalue weighted by atomic mass is 32.2. The Morgan fingerprint density at radius 2 is 2.14 bits per heavy atom. The lowest BCUT2D eigenvalue weighted by atomic mass is 9.45. The molecule has 0 radical (unpaired) electrons. The van der Waals surface area contributed by atoms with Crippen LogP contribution in [-0.4, -0.2) is 20.4 Å². The van der Waals surface area contributed by atoms with Gasteiger partial charge in [-0.2, -0.15) is 4.40 Å². The SMILES string of the molecule is CC1(C)C2CCC13CS(=O)(=O)N=CC23. The minimum absolute atomic E-state index is 0.0260. The van der Waals surface area contributed by atoms with Crippen LogP contribution in [0.15, 0.2) is 4.40 Å². The molecule has 3 nitrogen and oxygen atoms in total. The first-order chi connectivity index (χ1) is 6.39. The lowest BCUT2D eigenvalue weighted by molar-refractivity contribution is -0.0765. The van der Waals surface area contributed by atoms with E-state index < -0.39 is 10.0 Å². The molecule has 0 aromatic rings. The molecule has 3 unspecified atom stereocenters. The highest BCUT2D eigenvalue weighted by Crippen LogP contribution is 2.74. The molecular weight excluding hydrogens is 198 g/mol. The van der Waals surface area contributed by atoms with Gasteiger partial charge in [0.1, 0.15) is 0 Å². The van der Waals surface area contributed by atoms with E-state index in [9.17, 15) is 8.42 Å². The zero-order chi connectivity index (χ0) is 10.2. The van der Waals surface area contributed by atoms with Crippen LogP contribution in [0, 0.1) is 22.7 Å². The van der Waals surface area contributed by atoms with Gasteiger partial charge in [0.05, 0.1) is 5.75 Å². The first-order valence-corrected chi connectivity index (χ1v) is 6.78. The normalized spacial score (nSPS) is 51.0. The molecule has 3 aliphatic carbocycles. The molecule has 0 amide bonds. The van der Waals surface area contributed by atoms with Crippen LogP contribution in [0.2, 0.25) is 0 Å². The summed E-state index contributed by atoms with van der Waals surface area (Å²) in [5.74, 6) is 1.40. The van der Waals surface area contributed by atoms with Crippen LogP contribution in [-0.2, 0) is 10.0 Å². The van der Waals surface area contributed by atoms with E-state index in [4.69, 9.17) is 0 Å². The second-order valence-electron chi connectivity index (χ2n) is 5.53. The average molecular weight is 213 g/mol. The molecule has 4 rings (SSSR count). The molecule has 14 heavy (non-hydrogen) atoms. The van der Waals surface area contributed by atoms with Crippen molar-refractivity contribution in [3.05, 3.63) is 0 Å². The van der Waals surface area contributed by atoms with Gasteiger partial charge in [-0.05, 0) is 29.6 Å². The minimum atomic E-state index is -3.16. The fraction of sp³-hybridized carbons (Fsp3) is 0.900. The Bertz CT molecular complexity index is 423. The van der Waals surface area contributed by atoms with Gasteiger partial charge in [0.25, 0.3) is 10.0 Å². The Balaban J connectivity index is 2.14. The second kappa shape index (κ2) is 2.08. The van der Waals surface area contributed by atoms with E-state index in [-0.39, 0.29) is 16.6 Å². The molecule has 1 aliphatic heterocycles. The third kappa shape index (κ3) is 0.721. The molecule has 4 aliphatic rings. The Kier molecular flexibility index (Phi) is 1.32. The van der Waals surface area contributed by atoms with Crippen molar-refractivity contribution in [1.82, 2.24) is 0 Å². The first kappa shape index (κ1) is 8.89. The summed E-state index contributed by atoms with van der Waals surface area (Å²) >= 11 is 0. The summed E-state index contributed by atoms with van der Waals surface area (Å²) in [7, 11) is -3.16. The number of rotatable bonds is 0. The molecule has 4 heteroatoms. The topological polar surface area (TPSA) is 46.5 Å². The largest absolute Gasteiger partial charge is 0.253 e. The van der Waals surface area contributed by atoms with Crippen molar-refractivity contribution in [2.75, 3.05) is 5.75 Å². The van der Waals surface area contributed by atoms with Crippen LogP contribution in [0.1, 0.15) is 26.7 Å². The van der Waals surface area contributed by atoms with Crippen LogP contribution in [0.5, 0.6) is 0 Å². The predicted molar refractivity (Wildman–Crippen MR) is 54.7 cm³/mol. The summed E-state index contributed by atoms with van der Waals surface area (Å²) in [5, 5.41) is 0. The van der Waals surface area contributed by atoms with Crippen LogP contribution < -0.4 is 0 Å². The van der Waals surface area contributed by atoms with E-state index in [0.29, 0.717) is 11.8 Å². The van der Waals surface area contributed by atoms with Gasteiger partial charge >= 0.3 is 0 Å². The summed E-state index contributed by atoms with van der Waals surface area (Å²) in [6.07, 6.45) is 3.96. The lowest BCUT2D eigenvalue weighted by Crippen LogP contribution is -2.61. The maximum atomic E-state index is 11.5. The van der Waals surface area contributed by atoms with Crippen molar-refractivity contribution in [3.63, 3.8) is 0 Å². The lowest BCUT2D eigenvalue weighted by Gasteiger charge is -2.60. The predicted octanol–water partition coefficient (Wildman–Crippen LogP) is 1.45. The van der Waals surface area contributed by atoms with Crippen LogP contribution in [0.3, 0.4) is 0 Å². The molecule has 0 aromatic heterocycles. The van der Waals surface area contributed by atoms with Crippen LogP contribution in [0.4, 0.5) is 0 Å². The summed E-state index contributed by atoms with van der Waals surface area (Å²) in [6.45, 7) is 4.44. The third-order valence-electron chi connectivity index (χ3n) is 5.01. The first-order valence-electron chi connectivity index (χ1n) is 5.17. The summed E-state index contributed by atoms with van der Waals surface area (Å²) in [5.41, 5.74) is 0.232. The van der Waals surface area contributed by atoms with Crippen molar-refractivity contribution < 1.29 is 8.42 Å². The molecule has 0 aromatic carbocycles. The molecule has 3 saturated carbocycles. The van der Waals surface area contributed by atoms with Gasteiger partial charge in [0, 0.05) is 12.1 Å². The van der Waals surface area contributed by atoms with Gasteiger partial charge in [-0.1, -0.05) is 13.8 Å².